The zero-order chi connectivity index (χ0) is 27.9. The average molecular weight is 558 g/mol. The highest BCUT2D eigenvalue weighted by Gasteiger charge is 2.37. The van der Waals surface area contributed by atoms with Crippen LogP contribution in [0.4, 0.5) is 10.6 Å². The molecule has 206 valence electrons. The van der Waals surface area contributed by atoms with Crippen molar-refractivity contribution in [2.75, 3.05) is 12.3 Å². The van der Waals surface area contributed by atoms with E-state index in [0.717, 1.165) is 26.1 Å². The van der Waals surface area contributed by atoms with Crippen LogP contribution in [0.5, 0.6) is 0 Å². The van der Waals surface area contributed by atoms with Crippen molar-refractivity contribution in [2.45, 2.75) is 44.5 Å². The van der Waals surface area contributed by atoms with E-state index >= 15 is 0 Å². The van der Waals surface area contributed by atoms with E-state index in [-0.39, 0.29) is 24.8 Å². The van der Waals surface area contributed by atoms with Gasteiger partial charge >= 0.3 is 6.09 Å². The fraction of sp³-hybridized carbons (Fsp3) is 0.267. The first-order valence-corrected chi connectivity index (χ1v) is 14.0. The third-order valence-electron chi connectivity index (χ3n) is 6.89. The molecule has 3 heterocycles. The first-order valence-electron chi connectivity index (χ1n) is 13.2. The summed E-state index contributed by atoms with van der Waals surface area (Å²) in [5.41, 5.74) is 7.70. The summed E-state index contributed by atoms with van der Waals surface area (Å²) in [6.07, 6.45) is 2.51. The minimum absolute atomic E-state index is 0.0904. The summed E-state index contributed by atoms with van der Waals surface area (Å²) in [6, 6.07) is 21.1. The number of thiophene rings is 1. The van der Waals surface area contributed by atoms with Gasteiger partial charge in [-0.1, -0.05) is 60.7 Å². The maximum absolute atomic E-state index is 13.8. The van der Waals surface area contributed by atoms with Crippen LogP contribution >= 0.6 is 11.3 Å². The second-order valence-corrected chi connectivity index (χ2v) is 10.8. The molecular weight excluding hydrogens is 526 g/mol. The highest BCUT2D eigenvalue weighted by molar-refractivity contribution is 7.19. The normalized spacial score (nSPS) is 15.5. The van der Waals surface area contributed by atoms with E-state index in [4.69, 9.17) is 10.5 Å². The Morgan fingerprint density at radius 3 is 2.50 bits per heavy atom. The minimum atomic E-state index is -0.878. The van der Waals surface area contributed by atoms with E-state index in [9.17, 15) is 14.4 Å². The Bertz CT molecular complexity index is 1480. The number of carbonyl (C=O) groups is 3. The molecule has 3 amide bonds. The number of anilines is 1. The number of nitrogens with two attached hydrogens (primary N) is 1. The lowest BCUT2D eigenvalue weighted by atomic mass is 10.0. The summed E-state index contributed by atoms with van der Waals surface area (Å²) >= 11 is 1.54. The molecule has 2 aromatic carbocycles. The van der Waals surface area contributed by atoms with E-state index in [0.29, 0.717) is 31.7 Å². The van der Waals surface area contributed by atoms with Crippen LogP contribution in [0.25, 0.3) is 10.1 Å². The summed E-state index contributed by atoms with van der Waals surface area (Å²) in [5, 5.41) is 6.59. The molecule has 40 heavy (non-hydrogen) atoms. The Morgan fingerprint density at radius 1 is 1.05 bits per heavy atom. The van der Waals surface area contributed by atoms with Crippen LogP contribution in [0, 0.1) is 0 Å². The molecule has 0 bridgehead atoms. The largest absolute Gasteiger partial charge is 0.445 e. The van der Waals surface area contributed by atoms with Crippen LogP contribution in [0.15, 0.2) is 79.0 Å². The quantitative estimate of drug-likeness (QED) is 0.285. The van der Waals surface area contributed by atoms with Gasteiger partial charge in [0.2, 0.25) is 11.8 Å². The molecule has 0 unspecified atom stereocenters. The van der Waals surface area contributed by atoms with Crippen LogP contribution in [0.2, 0.25) is 0 Å². The molecule has 1 saturated heterocycles. The third kappa shape index (κ3) is 6.58. The number of amides is 3. The van der Waals surface area contributed by atoms with Crippen molar-refractivity contribution in [1.82, 2.24) is 20.5 Å². The Morgan fingerprint density at radius 2 is 1.77 bits per heavy atom. The number of nitrogen functional groups attached to an aromatic ring is 1. The van der Waals surface area contributed by atoms with Crippen molar-refractivity contribution in [3.8, 4) is 0 Å². The van der Waals surface area contributed by atoms with Crippen molar-refractivity contribution in [2.24, 2.45) is 0 Å². The van der Waals surface area contributed by atoms with Gasteiger partial charge in [-0.2, -0.15) is 0 Å². The Hall–Kier alpha value is -4.44. The third-order valence-corrected chi connectivity index (χ3v) is 7.99. The number of pyridine rings is 1. The molecule has 4 aromatic rings. The predicted octanol–water partition coefficient (Wildman–Crippen LogP) is 4.02. The summed E-state index contributed by atoms with van der Waals surface area (Å²) in [5.74, 6) is -0.0727. The second kappa shape index (κ2) is 12.6. The molecule has 10 heteroatoms. The van der Waals surface area contributed by atoms with Gasteiger partial charge in [0.05, 0.1) is 6.54 Å². The number of aromatic nitrogens is 1. The van der Waals surface area contributed by atoms with Gasteiger partial charge in [-0.15, -0.1) is 11.3 Å². The van der Waals surface area contributed by atoms with Gasteiger partial charge in [-0.25, -0.2) is 9.78 Å². The molecule has 1 fully saturated rings. The fourth-order valence-corrected chi connectivity index (χ4v) is 5.88. The number of fused-ring (bicyclic) bond motifs is 1. The Kier molecular flexibility index (Phi) is 8.56. The number of benzene rings is 2. The van der Waals surface area contributed by atoms with Crippen LogP contribution in [-0.4, -0.2) is 46.4 Å². The highest BCUT2D eigenvalue weighted by Crippen LogP contribution is 2.28. The van der Waals surface area contributed by atoms with Gasteiger partial charge in [0, 0.05) is 34.1 Å². The lowest BCUT2D eigenvalue weighted by molar-refractivity contribution is -0.140. The number of alkyl carbamates (subject to hydrolysis) is 1. The molecule has 0 saturated carbocycles. The van der Waals surface area contributed by atoms with Crippen molar-refractivity contribution in [1.29, 1.82) is 0 Å². The number of hydrogen-bond acceptors (Lipinski definition) is 7. The number of nitrogens with zero attached hydrogens (tertiary/aromatic N) is 2. The monoisotopic (exact) mass is 557 g/mol. The molecule has 1 aliphatic rings. The van der Waals surface area contributed by atoms with Crippen molar-refractivity contribution >= 4 is 45.1 Å². The number of nitrogens with one attached hydrogen (secondary N) is 2. The van der Waals surface area contributed by atoms with Crippen LogP contribution < -0.4 is 16.4 Å². The van der Waals surface area contributed by atoms with E-state index in [2.05, 4.69) is 15.6 Å². The van der Waals surface area contributed by atoms with E-state index in [1.54, 1.807) is 22.4 Å². The fourth-order valence-electron chi connectivity index (χ4n) is 4.88. The Labute approximate surface area is 236 Å². The SMILES string of the molecule is Nc1nccc2sc(CNC(=O)[C@@H]3CCCN3C(=O)[C@@H](Cc3ccccc3)NC(=O)OCc3ccccc3)cc12. The van der Waals surface area contributed by atoms with Gasteiger partial charge in [0.15, 0.2) is 0 Å². The number of rotatable bonds is 9. The van der Waals surface area contributed by atoms with Crippen LogP contribution in [-0.2, 0) is 33.9 Å². The van der Waals surface area contributed by atoms with Gasteiger partial charge in [-0.3, -0.25) is 9.59 Å². The standard InChI is InChI=1S/C30H31N5O4S/c31-27-23-17-22(40-26(23)13-14-32-27)18-33-28(36)25-12-7-15-35(25)29(37)24(16-20-8-3-1-4-9-20)34-30(38)39-19-21-10-5-2-6-11-21/h1-6,8-11,13-14,17,24-25H,7,12,15-16,18-19H2,(H2,31,32)(H,33,36)(H,34,38)/t24-,25+/m1/s1. The van der Waals surface area contributed by atoms with Crippen molar-refractivity contribution in [3.63, 3.8) is 0 Å². The Balaban J connectivity index is 1.25. The second-order valence-electron chi connectivity index (χ2n) is 9.68. The van der Waals surface area contributed by atoms with Gasteiger partial charge in [0.1, 0.15) is 24.5 Å². The molecule has 5 rings (SSSR count). The summed E-state index contributed by atoms with van der Waals surface area (Å²) in [6.45, 7) is 0.856. The zero-order valence-corrected chi connectivity index (χ0v) is 22.7. The van der Waals surface area contributed by atoms with Crippen LogP contribution in [0.1, 0.15) is 28.8 Å². The van der Waals surface area contributed by atoms with Crippen molar-refractivity contribution < 1.29 is 19.1 Å². The number of hydrogen-bond donors (Lipinski definition) is 3. The van der Waals surface area contributed by atoms with E-state index in [1.807, 2.05) is 72.8 Å². The smallest absolute Gasteiger partial charge is 0.408 e. The van der Waals surface area contributed by atoms with Gasteiger partial charge in [-0.05, 0) is 36.1 Å². The first kappa shape index (κ1) is 27.1. The summed E-state index contributed by atoms with van der Waals surface area (Å²) in [4.78, 5) is 46.3. The molecule has 2 atom stereocenters. The lowest BCUT2D eigenvalue weighted by Gasteiger charge is -2.28. The van der Waals surface area contributed by atoms with Gasteiger partial charge in [0.25, 0.3) is 0 Å². The summed E-state index contributed by atoms with van der Waals surface area (Å²) in [7, 11) is 0. The molecule has 0 aliphatic carbocycles. The highest BCUT2D eigenvalue weighted by atomic mass is 32.1. The van der Waals surface area contributed by atoms with E-state index < -0.39 is 18.2 Å². The number of ether oxygens (including phenoxy) is 1. The lowest BCUT2D eigenvalue weighted by Crippen LogP contribution is -2.54. The average Bonchev–Trinajstić information content (AvgIpc) is 3.64. The maximum Gasteiger partial charge on any atom is 0.408 e. The molecule has 0 spiro atoms. The molecular formula is C30H31N5O4S. The summed E-state index contributed by atoms with van der Waals surface area (Å²) < 4.78 is 6.40. The van der Waals surface area contributed by atoms with Crippen LogP contribution in [0.3, 0.4) is 0 Å². The minimum Gasteiger partial charge on any atom is -0.445 e. The number of likely N-dealkylation sites (tertiary alicyclic amines) is 1. The number of carbonyl (C=O) groups excluding carboxylic acids is 3. The van der Waals surface area contributed by atoms with Gasteiger partial charge < -0.3 is 26.0 Å². The van der Waals surface area contributed by atoms with Crippen molar-refractivity contribution in [3.05, 3.63) is 95.0 Å². The maximum atomic E-state index is 13.8. The molecule has 9 nitrogen and oxygen atoms in total. The molecule has 2 aromatic heterocycles. The molecule has 0 radical (unpaired) electrons. The van der Waals surface area contributed by atoms with E-state index in [1.165, 1.54) is 0 Å². The predicted molar refractivity (Wildman–Crippen MR) is 154 cm³/mol. The zero-order valence-electron chi connectivity index (χ0n) is 21.9. The molecule has 1 aliphatic heterocycles. The molecule has 4 N–H and O–H groups in total. The topological polar surface area (TPSA) is 127 Å². The first-order chi connectivity index (χ1) is 19.5.